The van der Waals surface area contributed by atoms with Crippen LogP contribution in [-0.4, -0.2) is 22.2 Å². The highest BCUT2D eigenvalue weighted by Gasteiger charge is 2.36. The van der Waals surface area contributed by atoms with Crippen molar-refractivity contribution in [1.29, 1.82) is 0 Å². The maximum absolute atomic E-state index is 10.8. The molecule has 40 heavy (non-hydrogen) atoms. The molecule has 2 aliphatic carbocycles. The van der Waals surface area contributed by atoms with Crippen LogP contribution in [0.3, 0.4) is 0 Å². The van der Waals surface area contributed by atoms with Gasteiger partial charge in [0.15, 0.2) is 0 Å². The van der Waals surface area contributed by atoms with Crippen LogP contribution in [-0.2, 0) is 9.59 Å². The Hall–Kier alpha value is -1.84. The van der Waals surface area contributed by atoms with Crippen LogP contribution in [0.2, 0.25) is 0 Å². The molecule has 2 N–H and O–H groups in total. The molecule has 2 rings (SSSR count). The molecule has 4 heteroatoms. The van der Waals surface area contributed by atoms with Crippen molar-refractivity contribution in [3.63, 3.8) is 0 Å². The van der Waals surface area contributed by atoms with Gasteiger partial charge in [0.25, 0.3) is 0 Å². The molecule has 5 atom stereocenters. The maximum Gasteiger partial charge on any atom is 0.303 e. The average molecular weight is 557 g/mol. The average Bonchev–Trinajstić information content (AvgIpc) is 2.93. The molecular weight excluding hydrogens is 496 g/mol. The number of aliphatic carboxylic acids is 2. The zero-order valence-corrected chi connectivity index (χ0v) is 25.8. The summed E-state index contributed by atoms with van der Waals surface area (Å²) >= 11 is 0. The third-order valence-corrected chi connectivity index (χ3v) is 9.29. The lowest BCUT2D eigenvalue weighted by Crippen LogP contribution is -2.31. The maximum atomic E-state index is 10.8. The zero-order valence-electron chi connectivity index (χ0n) is 25.8. The Morgan fingerprint density at radius 2 is 1.30 bits per heavy atom. The van der Waals surface area contributed by atoms with Crippen LogP contribution in [0, 0.1) is 29.6 Å². The minimum absolute atomic E-state index is 0.300. The molecule has 0 fully saturated rings. The van der Waals surface area contributed by atoms with Crippen molar-refractivity contribution in [3.8, 4) is 0 Å². The minimum atomic E-state index is -0.676. The Kier molecular flexibility index (Phi) is 18.0. The van der Waals surface area contributed by atoms with Crippen LogP contribution in [0.15, 0.2) is 36.0 Å². The number of carbonyl (C=O) groups is 2. The molecule has 0 heterocycles. The largest absolute Gasteiger partial charge is 0.481 e. The summed E-state index contributed by atoms with van der Waals surface area (Å²) in [6.07, 6.45) is 35.7. The van der Waals surface area contributed by atoms with Crippen LogP contribution >= 0.6 is 0 Å². The smallest absolute Gasteiger partial charge is 0.303 e. The van der Waals surface area contributed by atoms with Gasteiger partial charge in [-0.3, -0.25) is 9.59 Å². The molecule has 0 aromatic carbocycles. The summed E-state index contributed by atoms with van der Waals surface area (Å²) in [5.74, 6) is 1.83. The molecular formula is C36H60O4. The van der Waals surface area contributed by atoms with Gasteiger partial charge in [-0.2, -0.15) is 0 Å². The van der Waals surface area contributed by atoms with E-state index in [9.17, 15) is 9.59 Å². The molecule has 0 spiro atoms. The van der Waals surface area contributed by atoms with Gasteiger partial charge in [-0.05, 0) is 68.6 Å². The first kappa shape index (κ1) is 34.4. The van der Waals surface area contributed by atoms with Gasteiger partial charge >= 0.3 is 11.9 Å². The molecule has 2 aliphatic rings. The number of allylic oxidation sites excluding steroid dienone is 6. The lowest BCUT2D eigenvalue weighted by atomic mass is 9.63. The van der Waals surface area contributed by atoms with Crippen molar-refractivity contribution in [3.05, 3.63) is 36.0 Å². The molecule has 0 radical (unpaired) electrons. The van der Waals surface area contributed by atoms with E-state index in [1.807, 2.05) is 0 Å². The van der Waals surface area contributed by atoms with E-state index in [0.717, 1.165) is 44.4 Å². The number of fused-ring (bicyclic) bond motifs is 1. The summed E-state index contributed by atoms with van der Waals surface area (Å²) in [7, 11) is 0. The summed E-state index contributed by atoms with van der Waals surface area (Å²) in [6.45, 7) is 4.57. The van der Waals surface area contributed by atoms with Crippen molar-refractivity contribution < 1.29 is 19.8 Å². The normalized spacial score (nSPS) is 24.2. The van der Waals surface area contributed by atoms with Crippen LogP contribution in [0.5, 0.6) is 0 Å². The molecule has 0 bridgehead atoms. The molecule has 5 unspecified atom stereocenters. The Morgan fingerprint density at radius 1 is 0.725 bits per heavy atom. The third-order valence-electron chi connectivity index (χ3n) is 9.29. The second kappa shape index (κ2) is 20.9. The summed E-state index contributed by atoms with van der Waals surface area (Å²) in [5, 5.41) is 17.8. The molecule has 228 valence electrons. The van der Waals surface area contributed by atoms with E-state index in [1.54, 1.807) is 5.57 Å². The van der Waals surface area contributed by atoms with Gasteiger partial charge in [-0.25, -0.2) is 0 Å². The van der Waals surface area contributed by atoms with Gasteiger partial charge in [0.05, 0.1) is 0 Å². The third kappa shape index (κ3) is 13.7. The van der Waals surface area contributed by atoms with E-state index >= 15 is 0 Å². The number of hydrogen-bond donors (Lipinski definition) is 2. The monoisotopic (exact) mass is 556 g/mol. The highest BCUT2D eigenvalue weighted by Crippen LogP contribution is 2.47. The van der Waals surface area contributed by atoms with Gasteiger partial charge in [-0.1, -0.05) is 127 Å². The summed E-state index contributed by atoms with van der Waals surface area (Å²) in [5.41, 5.74) is 1.70. The van der Waals surface area contributed by atoms with Crippen LogP contribution < -0.4 is 0 Å². The molecule has 0 saturated carbocycles. The van der Waals surface area contributed by atoms with E-state index in [-0.39, 0.29) is 0 Å². The fraction of sp³-hybridized carbons (Fsp3) is 0.778. The highest BCUT2D eigenvalue weighted by atomic mass is 16.4. The van der Waals surface area contributed by atoms with E-state index < -0.39 is 11.9 Å². The van der Waals surface area contributed by atoms with Gasteiger partial charge < -0.3 is 10.2 Å². The van der Waals surface area contributed by atoms with E-state index in [1.165, 1.54) is 83.5 Å². The zero-order chi connectivity index (χ0) is 29.0. The van der Waals surface area contributed by atoms with Crippen molar-refractivity contribution in [1.82, 2.24) is 0 Å². The van der Waals surface area contributed by atoms with E-state index in [2.05, 4.69) is 44.2 Å². The minimum Gasteiger partial charge on any atom is -0.481 e. The van der Waals surface area contributed by atoms with Crippen molar-refractivity contribution in [2.75, 3.05) is 0 Å². The lowest BCUT2D eigenvalue weighted by molar-refractivity contribution is -0.138. The number of hydrogen-bond acceptors (Lipinski definition) is 2. The molecule has 0 aliphatic heterocycles. The lowest BCUT2D eigenvalue weighted by Gasteiger charge is -2.41. The molecule has 4 nitrogen and oxygen atoms in total. The summed E-state index contributed by atoms with van der Waals surface area (Å²) in [4.78, 5) is 21.6. The Balaban J connectivity index is 2.04. The number of carboxylic acid groups (broad SMARTS) is 2. The topological polar surface area (TPSA) is 74.6 Å². The van der Waals surface area contributed by atoms with Crippen LogP contribution in [0.4, 0.5) is 0 Å². The van der Waals surface area contributed by atoms with Crippen LogP contribution in [0.25, 0.3) is 0 Å². The molecule has 0 saturated heterocycles. The Labute approximate surface area is 245 Å². The van der Waals surface area contributed by atoms with Gasteiger partial charge in [0, 0.05) is 18.8 Å². The fourth-order valence-electron chi connectivity index (χ4n) is 6.92. The fourth-order valence-corrected chi connectivity index (χ4v) is 6.92. The second-order valence-corrected chi connectivity index (χ2v) is 12.6. The van der Waals surface area contributed by atoms with Gasteiger partial charge in [0.1, 0.15) is 0 Å². The first-order chi connectivity index (χ1) is 19.5. The SMILES string of the molecule is CCCC/C=C/C1C2=CC(CCCCCCCC(=O)O)C(CCCCCCCC(=O)O)CC2C=CC1CCCC. The van der Waals surface area contributed by atoms with Gasteiger partial charge in [0.2, 0.25) is 0 Å². The number of carboxylic acids is 2. The molecule has 0 amide bonds. The number of unbranched alkanes of at least 4 members (excludes halogenated alkanes) is 11. The summed E-state index contributed by atoms with van der Waals surface area (Å²) in [6, 6.07) is 0. The highest BCUT2D eigenvalue weighted by molar-refractivity contribution is 5.66. The van der Waals surface area contributed by atoms with Crippen LogP contribution in [0.1, 0.15) is 149 Å². The van der Waals surface area contributed by atoms with Crippen molar-refractivity contribution in [2.45, 2.75) is 149 Å². The van der Waals surface area contributed by atoms with E-state index in [0.29, 0.717) is 36.5 Å². The molecule has 0 aromatic heterocycles. The first-order valence-electron chi connectivity index (χ1n) is 17.0. The van der Waals surface area contributed by atoms with Gasteiger partial charge in [-0.15, -0.1) is 0 Å². The molecule has 0 aromatic rings. The quantitative estimate of drug-likeness (QED) is 0.0969. The predicted octanol–water partition coefficient (Wildman–Crippen LogP) is 10.5. The first-order valence-corrected chi connectivity index (χ1v) is 17.0. The van der Waals surface area contributed by atoms with Crippen molar-refractivity contribution in [2.24, 2.45) is 29.6 Å². The summed E-state index contributed by atoms with van der Waals surface area (Å²) < 4.78 is 0. The Bertz CT molecular complexity index is 795. The van der Waals surface area contributed by atoms with E-state index in [4.69, 9.17) is 10.2 Å². The standard InChI is InChI=1S/C36H60O4/c1-3-5-7-16-22-33-29(19-6-4-2)25-26-32-27-30(20-14-10-8-12-17-23-35(37)38)31(28-34(32)33)21-15-11-9-13-18-24-36(39)40/h16,22,25-26,28-33H,3-15,17-21,23-24,27H2,1-2H3,(H,37,38)(H,39,40)/b22-16+. The Morgan fingerprint density at radius 3 is 1.93 bits per heavy atom. The van der Waals surface area contributed by atoms with Crippen molar-refractivity contribution >= 4 is 11.9 Å². The number of rotatable bonds is 23. The predicted molar refractivity (Wildman–Crippen MR) is 167 cm³/mol. The second-order valence-electron chi connectivity index (χ2n) is 12.6.